The quantitative estimate of drug-likeness (QED) is 0.914. The maximum absolute atomic E-state index is 4.57. The fraction of sp³-hybridized carbons (Fsp3) is 0.500. The molecule has 3 rings (SSSR count). The van der Waals surface area contributed by atoms with Gasteiger partial charge in [-0.05, 0) is 69.6 Å². The molecule has 3 nitrogen and oxygen atoms in total. The first-order chi connectivity index (χ1) is 10.3. The number of nitrogens with one attached hydrogen (secondary N) is 1. The molecule has 0 atom stereocenters. The summed E-state index contributed by atoms with van der Waals surface area (Å²) < 4.78 is 0. The molecule has 1 aliphatic rings. The van der Waals surface area contributed by atoms with Crippen LogP contribution in [0.2, 0.25) is 0 Å². The van der Waals surface area contributed by atoms with E-state index < -0.39 is 0 Å². The smallest absolute Gasteiger partial charge is 0.0702 e. The second kappa shape index (κ2) is 8.47. The molecular formula is C18H26ClN3. The Kier molecular flexibility index (Phi) is 6.62. The van der Waals surface area contributed by atoms with Crippen molar-refractivity contribution >= 4 is 23.3 Å². The highest BCUT2D eigenvalue weighted by atomic mass is 35.5. The number of benzene rings is 1. The lowest BCUT2D eigenvalue weighted by atomic mass is 9.93. The predicted octanol–water partition coefficient (Wildman–Crippen LogP) is 3.48. The molecule has 0 spiro atoms. The number of hydrogen-bond donors (Lipinski definition) is 1. The number of rotatable bonds is 5. The Bertz CT molecular complexity index is 579. The minimum absolute atomic E-state index is 0. The Balaban J connectivity index is 0.00000176. The van der Waals surface area contributed by atoms with Crippen LogP contribution < -0.4 is 5.32 Å². The number of para-hydroxylation sites is 1. The second-order valence-electron chi connectivity index (χ2n) is 6.15. The van der Waals surface area contributed by atoms with E-state index in [2.05, 4.69) is 39.5 Å². The van der Waals surface area contributed by atoms with Crippen molar-refractivity contribution in [3.8, 4) is 0 Å². The molecule has 2 heterocycles. The van der Waals surface area contributed by atoms with Gasteiger partial charge in [0.25, 0.3) is 0 Å². The van der Waals surface area contributed by atoms with Crippen molar-refractivity contribution in [3.63, 3.8) is 0 Å². The van der Waals surface area contributed by atoms with Crippen molar-refractivity contribution in [2.24, 2.45) is 5.92 Å². The van der Waals surface area contributed by atoms with Crippen LogP contribution in [0.4, 0.5) is 0 Å². The highest BCUT2D eigenvalue weighted by Gasteiger charge is 2.18. The van der Waals surface area contributed by atoms with E-state index in [1.54, 1.807) is 0 Å². The Morgan fingerprint density at radius 3 is 2.77 bits per heavy atom. The summed E-state index contributed by atoms with van der Waals surface area (Å²) in [6.45, 7) is 4.64. The first-order valence-electron chi connectivity index (χ1n) is 8.06. The number of aromatic nitrogens is 1. The van der Waals surface area contributed by atoms with Crippen LogP contribution in [0.3, 0.4) is 0 Å². The van der Waals surface area contributed by atoms with E-state index in [-0.39, 0.29) is 12.4 Å². The fourth-order valence-electron chi connectivity index (χ4n) is 3.24. The minimum Gasteiger partial charge on any atom is -0.320 e. The zero-order chi connectivity index (χ0) is 14.5. The van der Waals surface area contributed by atoms with Gasteiger partial charge < -0.3 is 5.32 Å². The third-order valence-electron chi connectivity index (χ3n) is 4.56. The van der Waals surface area contributed by atoms with E-state index >= 15 is 0 Å². The number of pyridine rings is 1. The zero-order valence-electron chi connectivity index (χ0n) is 13.3. The minimum atomic E-state index is 0. The molecule has 0 unspecified atom stereocenters. The second-order valence-corrected chi connectivity index (χ2v) is 6.15. The van der Waals surface area contributed by atoms with Gasteiger partial charge in [0.2, 0.25) is 0 Å². The van der Waals surface area contributed by atoms with Gasteiger partial charge in [0.05, 0.1) is 5.52 Å². The topological polar surface area (TPSA) is 28.2 Å². The van der Waals surface area contributed by atoms with E-state index in [9.17, 15) is 0 Å². The molecule has 1 aromatic carbocycles. The molecular weight excluding hydrogens is 294 g/mol. The molecule has 1 saturated heterocycles. The number of halogens is 1. The number of hydrogen-bond acceptors (Lipinski definition) is 3. The maximum atomic E-state index is 4.57. The number of piperidine rings is 1. The summed E-state index contributed by atoms with van der Waals surface area (Å²) in [4.78, 5) is 7.14. The molecule has 120 valence electrons. The standard InChI is InChI=1S/C18H25N3.ClH/c1-19-9-6-15-7-10-21(11-8-15)14-16-12-17-4-2-3-5-18(17)20-13-16;/h2-5,12-13,15,19H,6-11,14H2,1H3;1H. The molecule has 1 fully saturated rings. The van der Waals surface area contributed by atoms with Gasteiger partial charge in [-0.1, -0.05) is 18.2 Å². The molecule has 2 aromatic rings. The highest BCUT2D eigenvalue weighted by Crippen LogP contribution is 2.22. The van der Waals surface area contributed by atoms with E-state index in [1.807, 2.05) is 19.3 Å². The van der Waals surface area contributed by atoms with Gasteiger partial charge in [-0.2, -0.15) is 0 Å². The first kappa shape index (κ1) is 17.2. The summed E-state index contributed by atoms with van der Waals surface area (Å²) in [7, 11) is 2.04. The molecule has 1 aromatic heterocycles. The summed E-state index contributed by atoms with van der Waals surface area (Å²) in [5, 5.41) is 4.51. The van der Waals surface area contributed by atoms with Gasteiger partial charge in [0.15, 0.2) is 0 Å². The van der Waals surface area contributed by atoms with Gasteiger partial charge in [0, 0.05) is 18.1 Å². The van der Waals surface area contributed by atoms with Gasteiger partial charge in [-0.25, -0.2) is 0 Å². The van der Waals surface area contributed by atoms with Gasteiger partial charge >= 0.3 is 0 Å². The predicted molar refractivity (Wildman–Crippen MR) is 95.5 cm³/mol. The third kappa shape index (κ3) is 4.42. The average Bonchev–Trinajstić information content (AvgIpc) is 2.54. The monoisotopic (exact) mass is 319 g/mol. The zero-order valence-corrected chi connectivity index (χ0v) is 14.1. The highest BCUT2D eigenvalue weighted by molar-refractivity contribution is 5.85. The van der Waals surface area contributed by atoms with Gasteiger partial charge in [-0.3, -0.25) is 9.88 Å². The van der Waals surface area contributed by atoms with Crippen molar-refractivity contribution in [2.75, 3.05) is 26.7 Å². The Hall–Kier alpha value is -1.16. The van der Waals surface area contributed by atoms with Gasteiger partial charge in [0.1, 0.15) is 0 Å². The van der Waals surface area contributed by atoms with Crippen molar-refractivity contribution in [1.82, 2.24) is 15.2 Å². The van der Waals surface area contributed by atoms with Crippen LogP contribution in [0.15, 0.2) is 36.5 Å². The van der Waals surface area contributed by atoms with Crippen LogP contribution in [-0.4, -0.2) is 36.6 Å². The lowest BCUT2D eigenvalue weighted by Crippen LogP contribution is -2.34. The summed E-state index contributed by atoms with van der Waals surface area (Å²) >= 11 is 0. The fourth-order valence-corrected chi connectivity index (χ4v) is 3.24. The molecule has 1 N–H and O–H groups in total. The number of likely N-dealkylation sites (tertiary alicyclic amines) is 1. The Labute approximate surface area is 139 Å². The molecule has 0 bridgehead atoms. The van der Waals surface area contributed by atoms with Crippen molar-refractivity contribution in [1.29, 1.82) is 0 Å². The van der Waals surface area contributed by atoms with Crippen LogP contribution in [0.25, 0.3) is 10.9 Å². The van der Waals surface area contributed by atoms with E-state index in [0.717, 1.165) is 24.5 Å². The molecule has 0 aliphatic carbocycles. The molecule has 1 aliphatic heterocycles. The lowest BCUT2D eigenvalue weighted by Gasteiger charge is -2.32. The van der Waals surface area contributed by atoms with Gasteiger partial charge in [-0.15, -0.1) is 12.4 Å². The SMILES string of the molecule is CNCCC1CCN(Cc2cnc3ccccc3c2)CC1.Cl. The van der Waals surface area contributed by atoms with Crippen LogP contribution >= 0.6 is 12.4 Å². The average molecular weight is 320 g/mol. The van der Waals surface area contributed by atoms with Crippen molar-refractivity contribution < 1.29 is 0 Å². The van der Waals surface area contributed by atoms with Crippen molar-refractivity contribution in [2.45, 2.75) is 25.8 Å². The third-order valence-corrected chi connectivity index (χ3v) is 4.56. The van der Waals surface area contributed by atoms with Crippen molar-refractivity contribution in [3.05, 3.63) is 42.1 Å². The first-order valence-corrected chi connectivity index (χ1v) is 8.06. The molecule has 0 amide bonds. The Morgan fingerprint density at radius 2 is 2.00 bits per heavy atom. The van der Waals surface area contributed by atoms with Crippen LogP contribution in [0.5, 0.6) is 0 Å². The molecule has 22 heavy (non-hydrogen) atoms. The summed E-state index contributed by atoms with van der Waals surface area (Å²) in [6, 6.07) is 10.6. The largest absolute Gasteiger partial charge is 0.320 e. The molecule has 0 saturated carbocycles. The lowest BCUT2D eigenvalue weighted by molar-refractivity contribution is 0.172. The molecule has 0 radical (unpaired) electrons. The normalized spacial score (nSPS) is 16.6. The van der Waals surface area contributed by atoms with E-state index in [0.29, 0.717) is 0 Å². The summed E-state index contributed by atoms with van der Waals surface area (Å²) in [5.74, 6) is 0.906. The van der Waals surface area contributed by atoms with Crippen LogP contribution in [0, 0.1) is 5.92 Å². The number of nitrogens with zero attached hydrogens (tertiary/aromatic N) is 2. The van der Waals surface area contributed by atoms with E-state index in [1.165, 1.54) is 43.3 Å². The summed E-state index contributed by atoms with van der Waals surface area (Å²) in [5.41, 5.74) is 2.43. The summed E-state index contributed by atoms with van der Waals surface area (Å²) in [6.07, 6.45) is 6.03. The maximum Gasteiger partial charge on any atom is 0.0702 e. The van der Waals surface area contributed by atoms with E-state index in [4.69, 9.17) is 0 Å². The van der Waals surface area contributed by atoms with Crippen LogP contribution in [0.1, 0.15) is 24.8 Å². The number of fused-ring (bicyclic) bond motifs is 1. The molecule has 4 heteroatoms. The Morgan fingerprint density at radius 1 is 1.23 bits per heavy atom. The van der Waals surface area contributed by atoms with Crippen LogP contribution in [-0.2, 0) is 6.54 Å².